The molecule has 0 unspecified atom stereocenters. The summed E-state index contributed by atoms with van der Waals surface area (Å²) in [6.45, 7) is 0.164. The Kier molecular flexibility index (Phi) is 4.34. The maximum absolute atomic E-state index is 11.3. The Morgan fingerprint density at radius 2 is 2.43 bits per heavy atom. The highest BCUT2D eigenvalue weighted by molar-refractivity contribution is 5.78. The summed E-state index contributed by atoms with van der Waals surface area (Å²) < 4.78 is 5.02. The fourth-order valence-corrected chi connectivity index (χ4v) is 1.01. The molecule has 80 valence electrons. The molecular formula is C8H13NO5. The van der Waals surface area contributed by atoms with Gasteiger partial charge in [0.25, 0.3) is 5.91 Å². The summed E-state index contributed by atoms with van der Waals surface area (Å²) >= 11 is 0. The van der Waals surface area contributed by atoms with Crippen molar-refractivity contribution >= 4 is 11.9 Å². The van der Waals surface area contributed by atoms with E-state index in [1.54, 1.807) is 0 Å². The Bertz CT molecular complexity index is 218. The van der Waals surface area contributed by atoms with Crippen LogP contribution in [-0.2, 0) is 19.2 Å². The SMILES string of the molecule is O=C(CCO)ON1COCCCC1=O. The van der Waals surface area contributed by atoms with E-state index in [-0.39, 0.29) is 25.7 Å². The van der Waals surface area contributed by atoms with Gasteiger partial charge in [0.15, 0.2) is 6.73 Å². The van der Waals surface area contributed by atoms with Crippen LogP contribution >= 0.6 is 0 Å². The number of nitrogens with zero attached hydrogens (tertiary/aromatic N) is 1. The molecule has 1 N–H and O–H groups in total. The van der Waals surface area contributed by atoms with Crippen LogP contribution in [0, 0.1) is 0 Å². The molecule has 6 heteroatoms. The normalized spacial score (nSPS) is 17.8. The average molecular weight is 203 g/mol. The zero-order chi connectivity index (χ0) is 10.4. The van der Waals surface area contributed by atoms with E-state index >= 15 is 0 Å². The van der Waals surface area contributed by atoms with E-state index in [0.717, 1.165) is 5.06 Å². The molecule has 1 aliphatic rings. The number of rotatable bonds is 3. The van der Waals surface area contributed by atoms with Gasteiger partial charge in [-0.05, 0) is 6.42 Å². The minimum Gasteiger partial charge on any atom is -0.396 e. The summed E-state index contributed by atoms with van der Waals surface area (Å²) in [5.74, 6) is -0.903. The molecular weight excluding hydrogens is 190 g/mol. The Balaban J connectivity index is 2.40. The molecule has 6 nitrogen and oxygen atoms in total. The van der Waals surface area contributed by atoms with E-state index in [1.807, 2.05) is 0 Å². The van der Waals surface area contributed by atoms with Gasteiger partial charge < -0.3 is 14.7 Å². The number of hydroxylamine groups is 2. The molecule has 0 spiro atoms. The molecule has 0 atom stereocenters. The van der Waals surface area contributed by atoms with Crippen LogP contribution in [0.15, 0.2) is 0 Å². The lowest BCUT2D eigenvalue weighted by atomic mass is 10.3. The molecule has 1 saturated heterocycles. The maximum atomic E-state index is 11.3. The van der Waals surface area contributed by atoms with Crippen molar-refractivity contribution in [1.82, 2.24) is 5.06 Å². The van der Waals surface area contributed by atoms with E-state index < -0.39 is 5.97 Å². The summed E-state index contributed by atoms with van der Waals surface area (Å²) in [5.41, 5.74) is 0. The van der Waals surface area contributed by atoms with Crippen LogP contribution in [0.4, 0.5) is 0 Å². The van der Waals surface area contributed by atoms with Crippen LogP contribution in [0.2, 0.25) is 0 Å². The quantitative estimate of drug-likeness (QED) is 0.664. The number of hydrogen-bond acceptors (Lipinski definition) is 5. The van der Waals surface area contributed by atoms with E-state index in [2.05, 4.69) is 4.84 Å². The Hall–Kier alpha value is -1.14. The molecule has 1 aliphatic heterocycles. The maximum Gasteiger partial charge on any atom is 0.334 e. The highest BCUT2D eigenvalue weighted by Gasteiger charge is 2.20. The van der Waals surface area contributed by atoms with Gasteiger partial charge in [-0.1, -0.05) is 0 Å². The lowest BCUT2D eigenvalue weighted by Gasteiger charge is -2.17. The molecule has 0 bridgehead atoms. The fourth-order valence-electron chi connectivity index (χ4n) is 1.01. The molecule has 1 rings (SSSR count). The smallest absolute Gasteiger partial charge is 0.334 e. The standard InChI is InChI=1S/C8H13NO5/c10-4-3-8(12)14-9-6-13-5-1-2-7(9)11/h10H,1-6H2. The monoisotopic (exact) mass is 203 g/mol. The lowest BCUT2D eigenvalue weighted by molar-refractivity contribution is -0.212. The first kappa shape index (κ1) is 10.9. The second kappa shape index (κ2) is 5.56. The van der Waals surface area contributed by atoms with Crippen LogP contribution in [0.25, 0.3) is 0 Å². The van der Waals surface area contributed by atoms with Crippen molar-refractivity contribution in [2.45, 2.75) is 19.3 Å². The number of aliphatic hydroxyl groups excluding tert-OH is 1. The van der Waals surface area contributed by atoms with Crippen molar-refractivity contribution in [3.63, 3.8) is 0 Å². The van der Waals surface area contributed by atoms with E-state index in [9.17, 15) is 9.59 Å². The summed E-state index contributed by atoms with van der Waals surface area (Å²) in [6, 6.07) is 0. The molecule has 0 saturated carbocycles. The van der Waals surface area contributed by atoms with Crippen LogP contribution < -0.4 is 0 Å². The number of ether oxygens (including phenoxy) is 1. The first-order valence-electron chi connectivity index (χ1n) is 4.44. The van der Waals surface area contributed by atoms with Gasteiger partial charge in [0.05, 0.1) is 13.0 Å². The largest absolute Gasteiger partial charge is 0.396 e. The summed E-state index contributed by atoms with van der Waals surface area (Å²) in [5, 5.41) is 9.35. The molecule has 1 fully saturated rings. The van der Waals surface area contributed by atoms with Gasteiger partial charge in [0, 0.05) is 13.0 Å². The molecule has 1 heterocycles. The zero-order valence-electron chi connectivity index (χ0n) is 7.77. The second-order valence-electron chi connectivity index (χ2n) is 2.85. The molecule has 0 aliphatic carbocycles. The minimum absolute atomic E-state index is 0.0317. The van der Waals surface area contributed by atoms with E-state index in [0.29, 0.717) is 19.4 Å². The number of carbonyl (C=O) groups is 2. The number of hydrogen-bond donors (Lipinski definition) is 1. The van der Waals surface area contributed by atoms with E-state index in [4.69, 9.17) is 9.84 Å². The number of carbonyl (C=O) groups excluding carboxylic acids is 2. The Labute approximate surface area is 81.3 Å². The third kappa shape index (κ3) is 3.31. The van der Waals surface area contributed by atoms with Gasteiger partial charge in [-0.2, -0.15) is 0 Å². The van der Waals surface area contributed by atoms with Crippen molar-refractivity contribution in [3.05, 3.63) is 0 Å². The third-order valence-corrected chi connectivity index (χ3v) is 1.69. The lowest BCUT2D eigenvalue weighted by Crippen LogP contribution is -2.33. The highest BCUT2D eigenvalue weighted by Crippen LogP contribution is 2.06. The first-order chi connectivity index (χ1) is 6.74. The highest BCUT2D eigenvalue weighted by atomic mass is 16.7. The van der Waals surface area contributed by atoms with Gasteiger partial charge in [0.2, 0.25) is 0 Å². The van der Waals surface area contributed by atoms with Gasteiger partial charge in [-0.15, -0.1) is 5.06 Å². The van der Waals surface area contributed by atoms with Crippen molar-refractivity contribution in [3.8, 4) is 0 Å². The molecule has 0 aromatic rings. The van der Waals surface area contributed by atoms with Crippen LogP contribution in [0.1, 0.15) is 19.3 Å². The molecule has 14 heavy (non-hydrogen) atoms. The topological polar surface area (TPSA) is 76.1 Å². The van der Waals surface area contributed by atoms with Crippen molar-refractivity contribution < 1.29 is 24.3 Å². The first-order valence-corrected chi connectivity index (χ1v) is 4.44. The fraction of sp³-hybridized carbons (Fsp3) is 0.750. The average Bonchev–Trinajstić information content (AvgIpc) is 2.33. The molecule has 0 radical (unpaired) electrons. The number of aliphatic hydroxyl groups is 1. The predicted molar refractivity (Wildman–Crippen MR) is 44.7 cm³/mol. The van der Waals surface area contributed by atoms with Gasteiger partial charge in [0.1, 0.15) is 0 Å². The minimum atomic E-state index is -0.633. The van der Waals surface area contributed by atoms with Crippen molar-refractivity contribution in [2.75, 3.05) is 19.9 Å². The number of amides is 1. The molecule has 0 aromatic heterocycles. The predicted octanol–water partition coefficient (Wildman–Crippen LogP) is -0.577. The molecule has 0 aromatic carbocycles. The Morgan fingerprint density at radius 3 is 3.14 bits per heavy atom. The summed E-state index contributed by atoms with van der Waals surface area (Å²) in [6.07, 6.45) is 0.822. The van der Waals surface area contributed by atoms with Gasteiger partial charge in [-0.25, -0.2) is 4.79 Å². The summed E-state index contributed by atoms with van der Waals surface area (Å²) in [7, 11) is 0. The molecule has 1 amide bonds. The zero-order valence-corrected chi connectivity index (χ0v) is 7.77. The summed E-state index contributed by atoms with van der Waals surface area (Å²) in [4.78, 5) is 26.9. The second-order valence-corrected chi connectivity index (χ2v) is 2.85. The third-order valence-electron chi connectivity index (χ3n) is 1.69. The van der Waals surface area contributed by atoms with Crippen LogP contribution in [0.5, 0.6) is 0 Å². The van der Waals surface area contributed by atoms with Crippen LogP contribution in [0.3, 0.4) is 0 Å². The van der Waals surface area contributed by atoms with Crippen molar-refractivity contribution in [1.29, 1.82) is 0 Å². The van der Waals surface area contributed by atoms with Gasteiger partial charge >= 0.3 is 5.97 Å². The Morgan fingerprint density at radius 1 is 1.64 bits per heavy atom. The van der Waals surface area contributed by atoms with Gasteiger partial charge in [-0.3, -0.25) is 4.79 Å². The van der Waals surface area contributed by atoms with Crippen molar-refractivity contribution in [2.24, 2.45) is 0 Å². The van der Waals surface area contributed by atoms with E-state index in [1.165, 1.54) is 0 Å². The van der Waals surface area contributed by atoms with Crippen LogP contribution in [-0.4, -0.2) is 42.0 Å².